The van der Waals surface area contributed by atoms with Crippen molar-refractivity contribution in [2.24, 2.45) is 7.05 Å². The van der Waals surface area contributed by atoms with Crippen molar-refractivity contribution >= 4 is 18.2 Å². The van der Waals surface area contributed by atoms with Gasteiger partial charge in [-0.1, -0.05) is 0 Å². The number of imidazole rings is 1. The number of hydrogen-bond acceptors (Lipinski definition) is 2. The van der Waals surface area contributed by atoms with E-state index in [1.807, 2.05) is 31.8 Å². The first-order valence-corrected chi connectivity index (χ1v) is 2.91. The molecule has 1 aromatic heterocycles. The van der Waals surface area contributed by atoms with E-state index in [4.69, 9.17) is 0 Å². The van der Waals surface area contributed by atoms with Crippen molar-refractivity contribution in [1.82, 2.24) is 9.55 Å². The maximum Gasteiger partial charge on any atom is 0.125 e. The van der Waals surface area contributed by atoms with E-state index < -0.39 is 0 Å². The number of aryl methyl sites for hydroxylation is 1. The van der Waals surface area contributed by atoms with Gasteiger partial charge in [-0.05, 0) is 6.92 Å². The molecule has 0 spiro atoms. The van der Waals surface area contributed by atoms with Gasteiger partial charge in [-0.15, -0.1) is 12.4 Å². The summed E-state index contributed by atoms with van der Waals surface area (Å²) in [5.74, 6) is 2.08. The van der Waals surface area contributed by atoms with E-state index in [1.54, 1.807) is 0 Å². The Morgan fingerprint density at radius 1 is 1.60 bits per heavy atom. The summed E-state index contributed by atoms with van der Waals surface area (Å²) in [7, 11) is 3.87. The topological polar surface area (TPSA) is 29.9 Å². The minimum Gasteiger partial charge on any atom is -0.373 e. The lowest BCUT2D eigenvalue weighted by molar-refractivity contribution is 0.863. The molecule has 1 N–H and O–H groups in total. The van der Waals surface area contributed by atoms with Crippen molar-refractivity contribution in [2.75, 3.05) is 12.4 Å². The molecule has 0 radical (unpaired) electrons. The summed E-state index contributed by atoms with van der Waals surface area (Å²) in [6.45, 7) is 1.97. The number of rotatable bonds is 1. The monoisotopic (exact) mass is 161 g/mol. The first-order valence-electron chi connectivity index (χ1n) is 2.91. The van der Waals surface area contributed by atoms with E-state index in [1.165, 1.54) is 0 Å². The highest BCUT2D eigenvalue weighted by Crippen LogP contribution is 2.05. The second kappa shape index (κ2) is 3.46. The average Bonchev–Trinajstić information content (AvgIpc) is 2.15. The number of hydrogen-bond donors (Lipinski definition) is 1. The molecule has 0 aromatic carbocycles. The lowest BCUT2D eigenvalue weighted by Gasteiger charge is -1.99. The molecule has 0 bridgehead atoms. The average molecular weight is 162 g/mol. The summed E-state index contributed by atoms with van der Waals surface area (Å²) >= 11 is 0. The zero-order chi connectivity index (χ0) is 6.85. The molecule has 0 amide bonds. The van der Waals surface area contributed by atoms with Gasteiger partial charge < -0.3 is 9.88 Å². The van der Waals surface area contributed by atoms with Crippen LogP contribution in [0.2, 0.25) is 0 Å². The fourth-order valence-corrected chi connectivity index (χ4v) is 0.734. The summed E-state index contributed by atoms with van der Waals surface area (Å²) < 4.78 is 2.00. The molecule has 10 heavy (non-hydrogen) atoms. The van der Waals surface area contributed by atoms with Gasteiger partial charge in [-0.25, -0.2) is 4.98 Å². The molecule has 1 rings (SSSR count). The molecular formula is C6H12ClN3. The summed E-state index contributed by atoms with van der Waals surface area (Å²) in [4.78, 5) is 4.09. The molecule has 0 aliphatic heterocycles. The largest absolute Gasteiger partial charge is 0.373 e. The van der Waals surface area contributed by atoms with Crippen LogP contribution in [-0.4, -0.2) is 16.6 Å². The minimum absolute atomic E-state index is 0. The molecular weight excluding hydrogens is 150 g/mol. The van der Waals surface area contributed by atoms with Crippen LogP contribution in [0.25, 0.3) is 0 Å². The first kappa shape index (κ1) is 9.30. The Bertz CT molecular complexity index is 207. The number of halogens is 1. The Morgan fingerprint density at radius 2 is 2.20 bits per heavy atom. The van der Waals surface area contributed by atoms with Crippen molar-refractivity contribution < 1.29 is 0 Å². The maximum absolute atomic E-state index is 4.09. The zero-order valence-corrected chi connectivity index (χ0v) is 7.20. The number of anilines is 1. The van der Waals surface area contributed by atoms with Crippen LogP contribution < -0.4 is 5.32 Å². The standard InChI is InChI=1S/C6H11N3.ClH/c1-5-8-4-6(7-2)9(5)3;/h4,7H,1-3H3;1H. The van der Waals surface area contributed by atoms with E-state index in [9.17, 15) is 0 Å². The fourth-order valence-electron chi connectivity index (χ4n) is 0.734. The Kier molecular flexibility index (Phi) is 3.22. The van der Waals surface area contributed by atoms with Gasteiger partial charge in [-0.2, -0.15) is 0 Å². The van der Waals surface area contributed by atoms with Gasteiger partial charge in [-0.3, -0.25) is 0 Å². The van der Waals surface area contributed by atoms with Crippen LogP contribution in [-0.2, 0) is 7.05 Å². The van der Waals surface area contributed by atoms with Crippen LogP contribution in [0.4, 0.5) is 5.82 Å². The van der Waals surface area contributed by atoms with Crippen LogP contribution in [0.5, 0.6) is 0 Å². The van der Waals surface area contributed by atoms with Crippen molar-refractivity contribution in [3.05, 3.63) is 12.0 Å². The molecule has 0 aliphatic rings. The smallest absolute Gasteiger partial charge is 0.125 e. The number of nitrogens with one attached hydrogen (secondary N) is 1. The van der Waals surface area contributed by atoms with Crippen LogP contribution in [0.1, 0.15) is 5.82 Å². The van der Waals surface area contributed by atoms with Crippen LogP contribution in [0.15, 0.2) is 6.20 Å². The fraction of sp³-hybridized carbons (Fsp3) is 0.500. The molecule has 0 unspecified atom stereocenters. The van der Waals surface area contributed by atoms with Crippen LogP contribution in [0, 0.1) is 6.92 Å². The second-order valence-corrected chi connectivity index (χ2v) is 2.00. The summed E-state index contributed by atoms with van der Waals surface area (Å²) in [5, 5.41) is 3.02. The predicted molar refractivity (Wildman–Crippen MR) is 44.7 cm³/mol. The normalized spacial score (nSPS) is 8.70. The molecule has 3 nitrogen and oxygen atoms in total. The third-order valence-corrected chi connectivity index (χ3v) is 1.48. The predicted octanol–water partition coefficient (Wildman–Crippen LogP) is 1.19. The Balaban J connectivity index is 0.000000810. The summed E-state index contributed by atoms with van der Waals surface area (Å²) in [5.41, 5.74) is 0. The third-order valence-electron chi connectivity index (χ3n) is 1.48. The molecule has 0 saturated carbocycles. The van der Waals surface area contributed by atoms with Gasteiger partial charge in [0.05, 0.1) is 6.20 Å². The second-order valence-electron chi connectivity index (χ2n) is 2.00. The molecule has 58 valence electrons. The lowest BCUT2D eigenvalue weighted by Crippen LogP contribution is -1.97. The molecule has 0 aliphatic carbocycles. The van der Waals surface area contributed by atoms with E-state index in [0.717, 1.165) is 11.6 Å². The Labute approximate surface area is 66.9 Å². The van der Waals surface area contributed by atoms with Crippen LogP contribution >= 0.6 is 12.4 Å². The highest BCUT2D eigenvalue weighted by molar-refractivity contribution is 5.85. The Hall–Kier alpha value is -0.700. The van der Waals surface area contributed by atoms with Crippen molar-refractivity contribution in [3.63, 3.8) is 0 Å². The zero-order valence-electron chi connectivity index (χ0n) is 6.38. The summed E-state index contributed by atoms with van der Waals surface area (Å²) in [6, 6.07) is 0. The SMILES string of the molecule is CNc1cnc(C)n1C.Cl. The molecule has 0 saturated heterocycles. The molecule has 4 heteroatoms. The lowest BCUT2D eigenvalue weighted by atomic mass is 10.7. The first-order chi connectivity index (χ1) is 4.25. The number of nitrogens with zero attached hydrogens (tertiary/aromatic N) is 2. The van der Waals surface area contributed by atoms with E-state index in [2.05, 4.69) is 10.3 Å². The van der Waals surface area contributed by atoms with Gasteiger partial charge in [0.25, 0.3) is 0 Å². The quantitative estimate of drug-likeness (QED) is 0.671. The third kappa shape index (κ3) is 1.42. The van der Waals surface area contributed by atoms with Crippen LogP contribution in [0.3, 0.4) is 0 Å². The van der Waals surface area contributed by atoms with Gasteiger partial charge in [0.2, 0.25) is 0 Å². The van der Waals surface area contributed by atoms with E-state index in [0.29, 0.717) is 0 Å². The van der Waals surface area contributed by atoms with Gasteiger partial charge in [0.15, 0.2) is 0 Å². The molecule has 1 heterocycles. The highest BCUT2D eigenvalue weighted by Gasteiger charge is 1.96. The van der Waals surface area contributed by atoms with Gasteiger partial charge in [0, 0.05) is 14.1 Å². The van der Waals surface area contributed by atoms with Crippen molar-refractivity contribution in [2.45, 2.75) is 6.92 Å². The van der Waals surface area contributed by atoms with E-state index >= 15 is 0 Å². The number of aromatic nitrogens is 2. The molecule has 0 atom stereocenters. The van der Waals surface area contributed by atoms with E-state index in [-0.39, 0.29) is 12.4 Å². The Morgan fingerprint density at radius 3 is 2.40 bits per heavy atom. The van der Waals surface area contributed by atoms with Gasteiger partial charge >= 0.3 is 0 Å². The maximum atomic E-state index is 4.09. The van der Waals surface area contributed by atoms with Crippen molar-refractivity contribution in [1.29, 1.82) is 0 Å². The summed E-state index contributed by atoms with van der Waals surface area (Å²) in [6.07, 6.45) is 1.81. The van der Waals surface area contributed by atoms with Crippen molar-refractivity contribution in [3.8, 4) is 0 Å². The highest BCUT2D eigenvalue weighted by atomic mass is 35.5. The molecule has 0 fully saturated rings. The van der Waals surface area contributed by atoms with Gasteiger partial charge in [0.1, 0.15) is 11.6 Å². The molecule has 1 aromatic rings. The minimum atomic E-state index is 0.